The van der Waals surface area contributed by atoms with Gasteiger partial charge in [-0.3, -0.25) is 9.59 Å². The van der Waals surface area contributed by atoms with Gasteiger partial charge in [-0.25, -0.2) is 0 Å². The zero-order valence-corrected chi connectivity index (χ0v) is 18.7. The molecule has 1 rings (SSSR count). The molecule has 0 saturated carbocycles. The Balaban J connectivity index is 2.60. The molecule has 0 saturated heterocycles. The lowest BCUT2D eigenvalue weighted by molar-refractivity contribution is -0.116. The lowest BCUT2D eigenvalue weighted by Crippen LogP contribution is -2.27. The molecule has 0 spiro atoms. The maximum absolute atomic E-state index is 12.6. The third kappa shape index (κ3) is 10.3. The highest BCUT2D eigenvalue weighted by Gasteiger charge is 2.14. The number of hydrogen-bond acceptors (Lipinski definition) is 4. The monoisotopic (exact) mass is 405 g/mol. The molecule has 2 amide bonds. The summed E-state index contributed by atoms with van der Waals surface area (Å²) in [6.07, 6.45) is 8.19. The van der Waals surface area contributed by atoms with Crippen LogP contribution in [0.15, 0.2) is 18.2 Å². The van der Waals surface area contributed by atoms with Crippen molar-refractivity contribution in [3.63, 3.8) is 0 Å². The van der Waals surface area contributed by atoms with Crippen molar-refractivity contribution in [1.29, 1.82) is 0 Å². The molecule has 0 unspecified atom stereocenters. The van der Waals surface area contributed by atoms with Gasteiger partial charge in [0.25, 0.3) is 5.91 Å². The van der Waals surface area contributed by atoms with Gasteiger partial charge in [-0.15, -0.1) is 0 Å². The molecule has 0 aromatic heterocycles. The average Bonchev–Trinajstić information content (AvgIpc) is 2.70. The number of nitrogens with one attached hydrogen (secondary N) is 2. The Morgan fingerprint density at radius 3 is 2.41 bits per heavy atom. The first-order valence-electron chi connectivity index (χ1n) is 11.0. The molecule has 0 aliphatic rings. The van der Waals surface area contributed by atoms with E-state index >= 15 is 0 Å². The average molecular weight is 406 g/mol. The summed E-state index contributed by atoms with van der Waals surface area (Å²) < 4.78 is 5.30. The molecule has 164 valence electrons. The summed E-state index contributed by atoms with van der Waals surface area (Å²) in [7, 11) is 3.80. The van der Waals surface area contributed by atoms with Gasteiger partial charge in [0.1, 0.15) is 0 Å². The van der Waals surface area contributed by atoms with E-state index in [0.29, 0.717) is 37.4 Å². The molecule has 0 atom stereocenters. The number of ether oxygens (including phenoxy) is 1. The SMILES string of the molecule is CCCCCCCCC(=O)Nc1ccc(N(C)C)c(C(=O)NCCCOCC)c1. The van der Waals surface area contributed by atoms with Gasteiger partial charge in [-0.05, 0) is 38.0 Å². The van der Waals surface area contributed by atoms with E-state index in [9.17, 15) is 9.59 Å². The largest absolute Gasteiger partial charge is 0.382 e. The number of hydrogen-bond donors (Lipinski definition) is 2. The molecule has 0 aliphatic heterocycles. The molecular formula is C23H39N3O3. The standard InChI is InChI=1S/C23H39N3O3/c1-5-7-8-9-10-11-13-22(27)25-19-14-15-21(26(3)4)20(18-19)23(28)24-16-12-17-29-6-2/h14-15,18H,5-13,16-17H2,1-4H3,(H,24,28)(H,25,27). The molecular weight excluding hydrogens is 366 g/mol. The summed E-state index contributed by atoms with van der Waals surface area (Å²) in [5.41, 5.74) is 2.04. The van der Waals surface area contributed by atoms with Gasteiger partial charge in [-0.1, -0.05) is 39.0 Å². The van der Waals surface area contributed by atoms with E-state index in [1.165, 1.54) is 25.7 Å². The van der Waals surface area contributed by atoms with E-state index in [2.05, 4.69) is 17.6 Å². The number of amides is 2. The van der Waals surface area contributed by atoms with Gasteiger partial charge < -0.3 is 20.3 Å². The van der Waals surface area contributed by atoms with E-state index in [-0.39, 0.29) is 11.8 Å². The highest BCUT2D eigenvalue weighted by molar-refractivity contribution is 6.02. The summed E-state index contributed by atoms with van der Waals surface area (Å²) in [5.74, 6) is -0.140. The van der Waals surface area contributed by atoms with Crippen molar-refractivity contribution in [3.8, 4) is 0 Å². The summed E-state index contributed by atoms with van der Waals surface area (Å²) in [5, 5.41) is 5.87. The Labute approximate surface area is 176 Å². The Morgan fingerprint density at radius 1 is 1.00 bits per heavy atom. The maximum atomic E-state index is 12.6. The third-order valence-corrected chi connectivity index (χ3v) is 4.72. The molecule has 0 heterocycles. The van der Waals surface area contributed by atoms with Crippen molar-refractivity contribution in [2.75, 3.05) is 44.1 Å². The van der Waals surface area contributed by atoms with E-state index in [1.807, 2.05) is 38.1 Å². The Morgan fingerprint density at radius 2 is 1.72 bits per heavy atom. The predicted molar refractivity (Wildman–Crippen MR) is 121 cm³/mol. The molecule has 1 aromatic rings. The van der Waals surface area contributed by atoms with Gasteiger partial charge in [0.2, 0.25) is 5.91 Å². The van der Waals surface area contributed by atoms with E-state index in [0.717, 1.165) is 24.9 Å². The van der Waals surface area contributed by atoms with Crippen LogP contribution >= 0.6 is 0 Å². The summed E-state index contributed by atoms with van der Waals surface area (Å²) in [6, 6.07) is 5.47. The number of nitrogens with zero attached hydrogens (tertiary/aromatic N) is 1. The minimum atomic E-state index is -0.141. The van der Waals surface area contributed by atoms with Crippen LogP contribution in [-0.4, -0.2) is 45.7 Å². The highest BCUT2D eigenvalue weighted by atomic mass is 16.5. The normalized spacial score (nSPS) is 10.6. The van der Waals surface area contributed by atoms with Crippen molar-refractivity contribution in [1.82, 2.24) is 5.32 Å². The molecule has 0 radical (unpaired) electrons. The first-order valence-corrected chi connectivity index (χ1v) is 11.0. The van der Waals surface area contributed by atoms with Crippen LogP contribution in [0.4, 0.5) is 11.4 Å². The van der Waals surface area contributed by atoms with Crippen LogP contribution in [0.3, 0.4) is 0 Å². The van der Waals surface area contributed by atoms with Crippen molar-refractivity contribution >= 4 is 23.2 Å². The minimum Gasteiger partial charge on any atom is -0.382 e. The highest BCUT2D eigenvalue weighted by Crippen LogP contribution is 2.23. The number of carbonyl (C=O) groups excluding carboxylic acids is 2. The fraction of sp³-hybridized carbons (Fsp3) is 0.652. The fourth-order valence-corrected chi connectivity index (χ4v) is 3.09. The van der Waals surface area contributed by atoms with Gasteiger partial charge in [0, 0.05) is 51.6 Å². The lowest BCUT2D eigenvalue weighted by Gasteiger charge is -2.18. The fourth-order valence-electron chi connectivity index (χ4n) is 3.09. The number of benzene rings is 1. The number of anilines is 2. The summed E-state index contributed by atoms with van der Waals surface area (Å²) in [6.45, 7) is 6.02. The van der Waals surface area contributed by atoms with Gasteiger partial charge >= 0.3 is 0 Å². The Bertz CT molecular complexity index is 617. The molecule has 6 heteroatoms. The van der Waals surface area contributed by atoms with Crippen LogP contribution < -0.4 is 15.5 Å². The smallest absolute Gasteiger partial charge is 0.253 e. The van der Waals surface area contributed by atoms with E-state index in [1.54, 1.807) is 6.07 Å². The topological polar surface area (TPSA) is 70.7 Å². The second-order valence-electron chi connectivity index (χ2n) is 7.50. The quantitative estimate of drug-likeness (QED) is 0.419. The molecule has 0 bridgehead atoms. The molecule has 6 nitrogen and oxygen atoms in total. The zero-order valence-electron chi connectivity index (χ0n) is 18.7. The van der Waals surface area contributed by atoms with Crippen molar-refractivity contribution in [2.24, 2.45) is 0 Å². The maximum Gasteiger partial charge on any atom is 0.253 e. The van der Waals surface area contributed by atoms with Crippen LogP contribution in [0.2, 0.25) is 0 Å². The minimum absolute atomic E-state index is 0.00108. The molecule has 0 fully saturated rings. The van der Waals surface area contributed by atoms with Crippen LogP contribution in [0.5, 0.6) is 0 Å². The number of carbonyl (C=O) groups is 2. The first kappa shape index (κ1) is 25.0. The third-order valence-electron chi connectivity index (χ3n) is 4.72. The first-order chi connectivity index (χ1) is 14.0. The van der Waals surface area contributed by atoms with Gasteiger partial charge in [-0.2, -0.15) is 0 Å². The van der Waals surface area contributed by atoms with E-state index in [4.69, 9.17) is 4.74 Å². The Kier molecular flexibility index (Phi) is 12.8. The molecule has 29 heavy (non-hydrogen) atoms. The van der Waals surface area contributed by atoms with Crippen LogP contribution in [0.25, 0.3) is 0 Å². The lowest BCUT2D eigenvalue weighted by atomic mass is 10.1. The second-order valence-corrected chi connectivity index (χ2v) is 7.50. The van der Waals surface area contributed by atoms with Crippen molar-refractivity contribution in [2.45, 2.75) is 65.2 Å². The van der Waals surface area contributed by atoms with Crippen molar-refractivity contribution in [3.05, 3.63) is 23.8 Å². The number of rotatable bonds is 15. The Hall–Kier alpha value is -2.08. The molecule has 0 aliphatic carbocycles. The molecule has 1 aromatic carbocycles. The van der Waals surface area contributed by atoms with Crippen LogP contribution in [-0.2, 0) is 9.53 Å². The van der Waals surface area contributed by atoms with Crippen molar-refractivity contribution < 1.29 is 14.3 Å². The summed E-state index contributed by atoms with van der Waals surface area (Å²) in [4.78, 5) is 26.8. The van der Waals surface area contributed by atoms with Crippen LogP contribution in [0, 0.1) is 0 Å². The van der Waals surface area contributed by atoms with E-state index < -0.39 is 0 Å². The van der Waals surface area contributed by atoms with Gasteiger partial charge in [0.05, 0.1) is 5.56 Å². The van der Waals surface area contributed by atoms with Crippen LogP contribution in [0.1, 0.15) is 75.6 Å². The predicted octanol–water partition coefficient (Wildman–Crippen LogP) is 4.60. The van der Waals surface area contributed by atoms with Gasteiger partial charge in [0.15, 0.2) is 0 Å². The number of unbranched alkanes of at least 4 members (excludes halogenated alkanes) is 5. The zero-order chi connectivity index (χ0) is 21.5. The summed E-state index contributed by atoms with van der Waals surface area (Å²) >= 11 is 0. The second kappa shape index (κ2) is 14.9. The molecule has 2 N–H and O–H groups in total.